The van der Waals surface area contributed by atoms with Gasteiger partial charge in [-0.25, -0.2) is 0 Å². The van der Waals surface area contributed by atoms with E-state index in [1.807, 2.05) is 13.8 Å². The SMILES string of the molecule is CC(C)[C@H](N)CC=O. The van der Waals surface area contributed by atoms with E-state index in [1.165, 1.54) is 0 Å². The molecule has 0 rings (SSSR count). The molecular weight excluding hydrogens is 102 g/mol. The Bertz CT molecular complexity index is 70.9. The lowest BCUT2D eigenvalue weighted by atomic mass is 10.0. The summed E-state index contributed by atoms with van der Waals surface area (Å²) in [5.74, 6) is 0.417. The summed E-state index contributed by atoms with van der Waals surface area (Å²) < 4.78 is 0. The first-order chi connectivity index (χ1) is 3.68. The maximum Gasteiger partial charge on any atom is 0.121 e. The molecule has 0 bridgehead atoms. The molecule has 0 aliphatic carbocycles. The van der Waals surface area contributed by atoms with E-state index in [1.54, 1.807) is 0 Å². The number of hydrogen-bond donors (Lipinski definition) is 1. The van der Waals surface area contributed by atoms with Gasteiger partial charge in [0.2, 0.25) is 0 Å². The third-order valence-electron chi connectivity index (χ3n) is 1.22. The number of hydrogen-bond acceptors (Lipinski definition) is 2. The third-order valence-corrected chi connectivity index (χ3v) is 1.22. The van der Waals surface area contributed by atoms with E-state index in [0.29, 0.717) is 12.3 Å². The van der Waals surface area contributed by atoms with Crippen LogP contribution in [0.25, 0.3) is 0 Å². The molecule has 2 N–H and O–H groups in total. The summed E-state index contributed by atoms with van der Waals surface area (Å²) in [5, 5.41) is 0. The fourth-order valence-corrected chi connectivity index (χ4v) is 0.383. The molecule has 0 aromatic carbocycles. The molecule has 48 valence electrons. The van der Waals surface area contributed by atoms with Crippen LogP contribution >= 0.6 is 0 Å². The number of nitrogens with two attached hydrogens (primary N) is 1. The van der Waals surface area contributed by atoms with Gasteiger partial charge < -0.3 is 10.5 Å². The lowest BCUT2D eigenvalue weighted by Gasteiger charge is -2.10. The van der Waals surface area contributed by atoms with Crippen molar-refractivity contribution in [3.05, 3.63) is 0 Å². The first kappa shape index (κ1) is 7.63. The molecule has 0 saturated heterocycles. The van der Waals surface area contributed by atoms with Crippen LogP contribution in [-0.4, -0.2) is 12.3 Å². The van der Waals surface area contributed by atoms with E-state index in [4.69, 9.17) is 5.73 Å². The Kier molecular flexibility index (Phi) is 3.44. The van der Waals surface area contributed by atoms with E-state index < -0.39 is 0 Å². The highest BCUT2D eigenvalue weighted by Gasteiger charge is 2.04. The van der Waals surface area contributed by atoms with Crippen LogP contribution in [0.15, 0.2) is 0 Å². The van der Waals surface area contributed by atoms with Gasteiger partial charge in [-0.1, -0.05) is 13.8 Å². The van der Waals surface area contributed by atoms with E-state index in [-0.39, 0.29) is 6.04 Å². The third kappa shape index (κ3) is 2.75. The monoisotopic (exact) mass is 115 g/mol. The van der Waals surface area contributed by atoms with Crippen LogP contribution in [0.1, 0.15) is 20.3 Å². The highest BCUT2D eigenvalue weighted by Crippen LogP contribution is 1.99. The fourth-order valence-electron chi connectivity index (χ4n) is 0.383. The molecule has 2 nitrogen and oxygen atoms in total. The van der Waals surface area contributed by atoms with Crippen molar-refractivity contribution in [2.24, 2.45) is 11.7 Å². The Hall–Kier alpha value is -0.370. The van der Waals surface area contributed by atoms with Gasteiger partial charge >= 0.3 is 0 Å². The molecule has 1 atom stereocenters. The number of rotatable bonds is 3. The highest BCUT2D eigenvalue weighted by atomic mass is 16.1. The van der Waals surface area contributed by atoms with E-state index in [2.05, 4.69) is 0 Å². The molecule has 0 heterocycles. The topological polar surface area (TPSA) is 43.1 Å². The molecule has 0 aromatic heterocycles. The van der Waals surface area contributed by atoms with Crippen molar-refractivity contribution in [1.29, 1.82) is 0 Å². The first-order valence-electron chi connectivity index (χ1n) is 2.87. The second-order valence-corrected chi connectivity index (χ2v) is 2.31. The summed E-state index contributed by atoms with van der Waals surface area (Å²) in [7, 11) is 0. The summed E-state index contributed by atoms with van der Waals surface area (Å²) in [4.78, 5) is 9.84. The minimum absolute atomic E-state index is 0.0486. The maximum atomic E-state index is 9.84. The van der Waals surface area contributed by atoms with Crippen LogP contribution < -0.4 is 5.73 Å². The van der Waals surface area contributed by atoms with Gasteiger partial charge in [0.1, 0.15) is 6.29 Å². The predicted octanol–water partition coefficient (Wildman–Crippen LogP) is 0.559. The normalized spacial score (nSPS) is 14.0. The summed E-state index contributed by atoms with van der Waals surface area (Å²) in [6.07, 6.45) is 1.35. The summed E-state index contributed by atoms with van der Waals surface area (Å²) >= 11 is 0. The fraction of sp³-hybridized carbons (Fsp3) is 0.833. The standard InChI is InChI=1S/C6H13NO/c1-5(2)6(7)3-4-8/h4-6H,3,7H2,1-2H3/t6-/m1/s1. The van der Waals surface area contributed by atoms with Gasteiger partial charge in [-0.05, 0) is 5.92 Å². The van der Waals surface area contributed by atoms with Crippen LogP contribution in [0.5, 0.6) is 0 Å². The van der Waals surface area contributed by atoms with Crippen molar-refractivity contribution in [3.63, 3.8) is 0 Å². The van der Waals surface area contributed by atoms with Crippen molar-refractivity contribution in [2.45, 2.75) is 26.3 Å². The Morgan fingerprint density at radius 1 is 1.62 bits per heavy atom. The quantitative estimate of drug-likeness (QED) is 0.546. The second kappa shape index (κ2) is 3.61. The molecule has 0 aliphatic heterocycles. The van der Waals surface area contributed by atoms with Crippen molar-refractivity contribution in [2.75, 3.05) is 0 Å². The van der Waals surface area contributed by atoms with Gasteiger partial charge in [0.05, 0.1) is 0 Å². The largest absolute Gasteiger partial charge is 0.327 e. The molecule has 0 spiro atoms. The zero-order valence-electron chi connectivity index (χ0n) is 5.42. The molecule has 0 fully saturated rings. The van der Waals surface area contributed by atoms with E-state index in [9.17, 15) is 4.79 Å². The summed E-state index contributed by atoms with van der Waals surface area (Å²) in [6.45, 7) is 4.02. The number of carbonyl (C=O) groups excluding carboxylic acids is 1. The van der Waals surface area contributed by atoms with Crippen LogP contribution in [-0.2, 0) is 4.79 Å². The van der Waals surface area contributed by atoms with Crippen molar-refractivity contribution in [1.82, 2.24) is 0 Å². The highest BCUT2D eigenvalue weighted by molar-refractivity contribution is 5.50. The zero-order chi connectivity index (χ0) is 6.57. The minimum Gasteiger partial charge on any atom is -0.327 e. The molecule has 0 saturated carbocycles. The lowest BCUT2D eigenvalue weighted by molar-refractivity contribution is -0.108. The van der Waals surface area contributed by atoms with Crippen molar-refractivity contribution >= 4 is 6.29 Å². The van der Waals surface area contributed by atoms with Crippen molar-refractivity contribution < 1.29 is 4.79 Å². The van der Waals surface area contributed by atoms with Gasteiger partial charge in [-0.3, -0.25) is 0 Å². The van der Waals surface area contributed by atoms with Gasteiger partial charge in [-0.15, -0.1) is 0 Å². The molecule has 0 amide bonds. The smallest absolute Gasteiger partial charge is 0.121 e. The Morgan fingerprint density at radius 3 is 2.25 bits per heavy atom. The van der Waals surface area contributed by atoms with Gasteiger partial charge in [-0.2, -0.15) is 0 Å². The first-order valence-corrected chi connectivity index (χ1v) is 2.87. The lowest BCUT2D eigenvalue weighted by Crippen LogP contribution is -2.26. The number of aldehydes is 1. The maximum absolute atomic E-state index is 9.84. The van der Waals surface area contributed by atoms with Gasteiger partial charge in [0.25, 0.3) is 0 Å². The van der Waals surface area contributed by atoms with Gasteiger partial charge in [0, 0.05) is 12.5 Å². The molecule has 2 heteroatoms. The molecule has 0 unspecified atom stereocenters. The Labute approximate surface area is 50.1 Å². The molecule has 0 aromatic rings. The number of carbonyl (C=O) groups is 1. The van der Waals surface area contributed by atoms with Crippen LogP contribution in [0, 0.1) is 5.92 Å². The van der Waals surface area contributed by atoms with Crippen LogP contribution in [0.2, 0.25) is 0 Å². The Morgan fingerprint density at radius 2 is 2.12 bits per heavy atom. The molecule has 8 heavy (non-hydrogen) atoms. The van der Waals surface area contributed by atoms with Gasteiger partial charge in [0.15, 0.2) is 0 Å². The predicted molar refractivity (Wildman–Crippen MR) is 33.5 cm³/mol. The van der Waals surface area contributed by atoms with Crippen LogP contribution in [0.3, 0.4) is 0 Å². The van der Waals surface area contributed by atoms with E-state index >= 15 is 0 Å². The minimum atomic E-state index is 0.0486. The molecular formula is C6H13NO. The van der Waals surface area contributed by atoms with E-state index in [0.717, 1.165) is 6.29 Å². The summed E-state index contributed by atoms with van der Waals surface area (Å²) in [6, 6.07) is 0.0486. The van der Waals surface area contributed by atoms with Crippen molar-refractivity contribution in [3.8, 4) is 0 Å². The molecule has 0 radical (unpaired) electrons. The summed E-state index contributed by atoms with van der Waals surface area (Å²) in [5.41, 5.74) is 5.50. The second-order valence-electron chi connectivity index (χ2n) is 2.31. The average Bonchev–Trinajstić information content (AvgIpc) is 1.67. The molecule has 0 aliphatic rings. The zero-order valence-corrected chi connectivity index (χ0v) is 5.42. The van der Waals surface area contributed by atoms with Crippen LogP contribution in [0.4, 0.5) is 0 Å². The average molecular weight is 115 g/mol. The Balaban J connectivity index is 3.30.